The van der Waals surface area contributed by atoms with Crippen molar-refractivity contribution in [3.63, 3.8) is 0 Å². The number of aromatic nitrogens is 1. The summed E-state index contributed by atoms with van der Waals surface area (Å²) in [7, 11) is 0. The summed E-state index contributed by atoms with van der Waals surface area (Å²) < 4.78 is 0. The molecule has 2 heterocycles. The van der Waals surface area contributed by atoms with Crippen molar-refractivity contribution in [3.8, 4) is 0 Å². The lowest BCUT2D eigenvalue weighted by Crippen LogP contribution is -2.22. The van der Waals surface area contributed by atoms with Gasteiger partial charge in [0.1, 0.15) is 0 Å². The van der Waals surface area contributed by atoms with E-state index in [0.29, 0.717) is 6.42 Å². The molecular weight excluding hydrogens is 152 g/mol. The molecule has 3 heteroatoms. The molecule has 12 heavy (non-hydrogen) atoms. The molecule has 2 N–H and O–H groups in total. The molecule has 0 unspecified atom stereocenters. The van der Waals surface area contributed by atoms with Gasteiger partial charge in [0, 0.05) is 25.2 Å². The van der Waals surface area contributed by atoms with Crippen LogP contribution in [0.1, 0.15) is 12.1 Å². The predicted octanol–water partition coefficient (Wildman–Crippen LogP) is 0.918. The minimum Gasteiger partial charge on any atom is -0.383 e. The summed E-state index contributed by atoms with van der Waals surface area (Å²) in [6.07, 6.45) is 4.09. The normalized spacial score (nSPS) is 17.0. The number of ketones is 1. The molecule has 0 saturated carbocycles. The van der Waals surface area contributed by atoms with Crippen molar-refractivity contribution in [1.29, 1.82) is 0 Å². The number of hydrogen-bond acceptors (Lipinski definition) is 2. The third kappa shape index (κ3) is 1.25. The fraction of sp³-hybridized carbons (Fsp3) is 0.222. The molecule has 0 atom stereocenters. The molecule has 0 aromatic carbocycles. The third-order valence-corrected chi connectivity index (χ3v) is 1.88. The molecule has 1 aliphatic heterocycles. The van der Waals surface area contributed by atoms with Crippen molar-refractivity contribution in [1.82, 2.24) is 10.3 Å². The van der Waals surface area contributed by atoms with Crippen molar-refractivity contribution in [2.45, 2.75) is 6.42 Å². The second-order valence-electron chi connectivity index (χ2n) is 2.78. The predicted molar refractivity (Wildman–Crippen MR) is 46.4 cm³/mol. The molecule has 1 aliphatic rings. The van der Waals surface area contributed by atoms with Crippen LogP contribution in [0.3, 0.4) is 0 Å². The van der Waals surface area contributed by atoms with Crippen LogP contribution in [-0.4, -0.2) is 17.3 Å². The van der Waals surface area contributed by atoms with Crippen LogP contribution in [0.5, 0.6) is 0 Å². The maximum Gasteiger partial charge on any atom is 0.159 e. The smallest absolute Gasteiger partial charge is 0.159 e. The van der Waals surface area contributed by atoms with E-state index in [4.69, 9.17) is 0 Å². The van der Waals surface area contributed by atoms with Gasteiger partial charge in [-0.2, -0.15) is 0 Å². The number of carbonyl (C=O) groups excluding carboxylic acids is 1. The molecule has 0 spiro atoms. The highest BCUT2D eigenvalue weighted by molar-refractivity contribution is 5.97. The number of hydrogen-bond donors (Lipinski definition) is 2. The Morgan fingerprint density at radius 2 is 2.33 bits per heavy atom. The molecule has 0 aliphatic carbocycles. The van der Waals surface area contributed by atoms with Crippen LogP contribution in [0.15, 0.2) is 24.4 Å². The zero-order chi connectivity index (χ0) is 8.39. The Bertz CT molecular complexity index is 311. The molecule has 0 saturated heterocycles. The maximum atomic E-state index is 11.0. The van der Waals surface area contributed by atoms with Gasteiger partial charge in [-0.3, -0.25) is 4.79 Å². The third-order valence-electron chi connectivity index (χ3n) is 1.88. The second kappa shape index (κ2) is 2.85. The van der Waals surface area contributed by atoms with Gasteiger partial charge in [0.05, 0.1) is 11.4 Å². The Morgan fingerprint density at radius 3 is 3.00 bits per heavy atom. The van der Waals surface area contributed by atoms with Gasteiger partial charge >= 0.3 is 0 Å². The molecule has 62 valence electrons. The number of carbonyl (C=O) groups is 1. The van der Waals surface area contributed by atoms with Gasteiger partial charge in [-0.15, -0.1) is 0 Å². The molecule has 1 aromatic heterocycles. The van der Waals surface area contributed by atoms with Crippen LogP contribution < -0.4 is 5.32 Å². The van der Waals surface area contributed by atoms with Gasteiger partial charge in [-0.25, -0.2) is 0 Å². The first-order chi connectivity index (χ1) is 5.86. The van der Waals surface area contributed by atoms with Gasteiger partial charge in [0.15, 0.2) is 5.78 Å². The van der Waals surface area contributed by atoms with Gasteiger partial charge in [-0.05, 0) is 12.1 Å². The fourth-order valence-electron chi connectivity index (χ4n) is 1.28. The minimum absolute atomic E-state index is 0.193. The standard InChI is InChI=1S/C9H10N2O/c12-7-3-5-11-9(6-7)8-2-1-4-10-8/h1-2,4,6,10-11H,3,5H2. The van der Waals surface area contributed by atoms with Crippen LogP contribution in [-0.2, 0) is 4.79 Å². The first-order valence-electron chi connectivity index (χ1n) is 3.98. The number of allylic oxidation sites excluding steroid dienone is 1. The van der Waals surface area contributed by atoms with E-state index in [2.05, 4.69) is 10.3 Å². The topological polar surface area (TPSA) is 44.9 Å². The van der Waals surface area contributed by atoms with Crippen molar-refractivity contribution in [2.24, 2.45) is 0 Å². The second-order valence-corrected chi connectivity index (χ2v) is 2.78. The summed E-state index contributed by atoms with van der Waals surface area (Å²) in [6, 6.07) is 3.86. The van der Waals surface area contributed by atoms with E-state index < -0.39 is 0 Å². The van der Waals surface area contributed by atoms with Crippen LogP contribution in [0, 0.1) is 0 Å². The van der Waals surface area contributed by atoms with E-state index in [0.717, 1.165) is 17.9 Å². The van der Waals surface area contributed by atoms with E-state index in [1.165, 1.54) is 0 Å². The number of H-pyrrole nitrogens is 1. The molecule has 0 bridgehead atoms. The molecule has 0 fully saturated rings. The Morgan fingerprint density at radius 1 is 1.42 bits per heavy atom. The SMILES string of the molecule is O=C1C=C(c2ccc[nH]2)NCC1. The largest absolute Gasteiger partial charge is 0.383 e. The van der Waals surface area contributed by atoms with E-state index in [9.17, 15) is 4.79 Å². The van der Waals surface area contributed by atoms with Crippen molar-refractivity contribution < 1.29 is 4.79 Å². The van der Waals surface area contributed by atoms with E-state index in [1.807, 2.05) is 18.3 Å². The van der Waals surface area contributed by atoms with Crippen LogP contribution in [0.4, 0.5) is 0 Å². The van der Waals surface area contributed by atoms with E-state index in [1.54, 1.807) is 6.08 Å². The van der Waals surface area contributed by atoms with Gasteiger partial charge in [0.2, 0.25) is 0 Å². The molecule has 1 aromatic rings. The zero-order valence-corrected chi connectivity index (χ0v) is 6.63. The summed E-state index contributed by atoms with van der Waals surface area (Å²) in [5.74, 6) is 0.193. The Hall–Kier alpha value is -1.51. The lowest BCUT2D eigenvalue weighted by molar-refractivity contribution is -0.114. The van der Waals surface area contributed by atoms with Crippen molar-refractivity contribution in [3.05, 3.63) is 30.1 Å². The Kier molecular flexibility index (Phi) is 1.70. The summed E-state index contributed by atoms with van der Waals surface area (Å²) in [4.78, 5) is 14.1. The van der Waals surface area contributed by atoms with Crippen molar-refractivity contribution in [2.75, 3.05) is 6.54 Å². The number of nitrogens with one attached hydrogen (secondary N) is 2. The molecule has 3 nitrogen and oxygen atoms in total. The average molecular weight is 162 g/mol. The molecule has 0 amide bonds. The monoisotopic (exact) mass is 162 g/mol. The first kappa shape index (κ1) is 7.16. The number of rotatable bonds is 1. The van der Waals surface area contributed by atoms with Crippen molar-refractivity contribution >= 4 is 11.5 Å². The minimum atomic E-state index is 0.193. The molecule has 0 radical (unpaired) electrons. The lowest BCUT2D eigenvalue weighted by atomic mass is 10.1. The highest BCUT2D eigenvalue weighted by atomic mass is 16.1. The fourth-order valence-corrected chi connectivity index (χ4v) is 1.28. The van der Waals surface area contributed by atoms with Gasteiger partial charge < -0.3 is 10.3 Å². The summed E-state index contributed by atoms with van der Waals surface area (Å²) in [5, 5.41) is 3.16. The molecular formula is C9H10N2O. The van der Waals surface area contributed by atoms with E-state index >= 15 is 0 Å². The van der Waals surface area contributed by atoms with Crippen LogP contribution >= 0.6 is 0 Å². The highest BCUT2D eigenvalue weighted by Crippen LogP contribution is 2.11. The van der Waals surface area contributed by atoms with Gasteiger partial charge in [-0.1, -0.05) is 0 Å². The number of aromatic amines is 1. The lowest BCUT2D eigenvalue weighted by Gasteiger charge is -2.13. The average Bonchev–Trinajstić information content (AvgIpc) is 2.56. The molecule has 2 rings (SSSR count). The Balaban J connectivity index is 2.29. The van der Waals surface area contributed by atoms with Gasteiger partial charge in [0.25, 0.3) is 0 Å². The first-order valence-corrected chi connectivity index (χ1v) is 3.98. The Labute approximate surface area is 70.5 Å². The quantitative estimate of drug-likeness (QED) is 0.645. The summed E-state index contributed by atoms with van der Waals surface area (Å²) in [6.45, 7) is 0.740. The summed E-state index contributed by atoms with van der Waals surface area (Å²) >= 11 is 0. The highest BCUT2D eigenvalue weighted by Gasteiger charge is 2.10. The maximum absolute atomic E-state index is 11.0. The summed E-state index contributed by atoms with van der Waals surface area (Å²) in [5.41, 5.74) is 1.87. The van der Waals surface area contributed by atoms with Crippen LogP contribution in [0.2, 0.25) is 0 Å². The zero-order valence-electron chi connectivity index (χ0n) is 6.63. The van der Waals surface area contributed by atoms with Crippen LogP contribution in [0.25, 0.3) is 5.70 Å². The van der Waals surface area contributed by atoms with E-state index in [-0.39, 0.29) is 5.78 Å².